The third-order valence-electron chi connectivity index (χ3n) is 5.86. The van der Waals surface area contributed by atoms with Gasteiger partial charge in [0.2, 0.25) is 11.9 Å². The van der Waals surface area contributed by atoms with Crippen molar-refractivity contribution in [1.29, 1.82) is 0 Å². The maximum atomic E-state index is 12.7. The van der Waals surface area contributed by atoms with Crippen molar-refractivity contribution >= 4 is 29.1 Å². The number of aliphatic imine (C=N–C) groups is 1. The van der Waals surface area contributed by atoms with Gasteiger partial charge < -0.3 is 19.5 Å². The molecule has 5 rings (SSSR count). The number of benzene rings is 2. The Labute approximate surface area is 197 Å². The van der Waals surface area contributed by atoms with Crippen LogP contribution in [-0.4, -0.2) is 56.9 Å². The number of carbonyl (C=O) groups is 2. The van der Waals surface area contributed by atoms with Gasteiger partial charge in [0.05, 0.1) is 26.4 Å². The standard InChI is InChI=1S/C25H28N4O5/c30-23-8-9-26-25(28-23)29-24(31)17-6-7-22(21(12-17)16-4-5-16)27-18-2-1-3-19(13-18)34-15-20-14-32-10-11-33-20/h1-3,6-7,12-13,16,20,27H,4-5,8-11,14-15H2,(H2,26,28,29,30,31). The number of rotatable bonds is 7. The smallest absolute Gasteiger partial charge is 0.257 e. The second kappa shape index (κ2) is 10.2. The van der Waals surface area contributed by atoms with Gasteiger partial charge in [0.1, 0.15) is 18.5 Å². The summed E-state index contributed by atoms with van der Waals surface area (Å²) in [7, 11) is 0. The van der Waals surface area contributed by atoms with Crippen LogP contribution in [0, 0.1) is 0 Å². The maximum Gasteiger partial charge on any atom is 0.257 e. The van der Waals surface area contributed by atoms with Gasteiger partial charge in [0.25, 0.3) is 5.91 Å². The van der Waals surface area contributed by atoms with Gasteiger partial charge in [-0.05, 0) is 54.7 Å². The Kier molecular flexibility index (Phi) is 6.73. The third-order valence-corrected chi connectivity index (χ3v) is 5.86. The summed E-state index contributed by atoms with van der Waals surface area (Å²) in [6.45, 7) is 2.58. The molecule has 0 aromatic heterocycles. The minimum absolute atomic E-state index is 0.0570. The van der Waals surface area contributed by atoms with E-state index < -0.39 is 0 Å². The lowest BCUT2D eigenvalue weighted by atomic mass is 10.0. The van der Waals surface area contributed by atoms with E-state index in [4.69, 9.17) is 14.2 Å². The zero-order chi connectivity index (χ0) is 23.3. The summed E-state index contributed by atoms with van der Waals surface area (Å²) in [6.07, 6.45) is 2.46. The van der Waals surface area contributed by atoms with E-state index >= 15 is 0 Å². The third kappa shape index (κ3) is 5.73. The predicted molar refractivity (Wildman–Crippen MR) is 127 cm³/mol. The second-order valence-corrected chi connectivity index (χ2v) is 8.59. The molecule has 2 aromatic rings. The molecule has 2 fully saturated rings. The molecule has 3 aliphatic rings. The lowest BCUT2D eigenvalue weighted by Crippen LogP contribution is -2.46. The fourth-order valence-corrected chi connectivity index (χ4v) is 3.94. The van der Waals surface area contributed by atoms with Crippen LogP contribution in [0.25, 0.3) is 0 Å². The van der Waals surface area contributed by atoms with Crippen molar-refractivity contribution in [1.82, 2.24) is 10.6 Å². The van der Waals surface area contributed by atoms with Crippen LogP contribution < -0.4 is 20.7 Å². The highest BCUT2D eigenvalue weighted by Crippen LogP contribution is 2.44. The number of guanidine groups is 1. The molecular weight excluding hydrogens is 436 g/mol. The van der Waals surface area contributed by atoms with Gasteiger partial charge in [-0.1, -0.05) is 6.07 Å². The normalized spacial score (nSPS) is 20.2. The molecule has 1 atom stereocenters. The first-order valence-corrected chi connectivity index (χ1v) is 11.6. The molecule has 1 unspecified atom stereocenters. The highest BCUT2D eigenvalue weighted by molar-refractivity contribution is 6.10. The summed E-state index contributed by atoms with van der Waals surface area (Å²) < 4.78 is 17.0. The molecular formula is C25H28N4O5. The Morgan fingerprint density at radius 2 is 2.09 bits per heavy atom. The summed E-state index contributed by atoms with van der Waals surface area (Å²) in [5.74, 6) is 0.940. The van der Waals surface area contributed by atoms with Crippen LogP contribution in [0.4, 0.5) is 11.4 Å². The molecule has 1 saturated carbocycles. The number of nitrogens with one attached hydrogen (secondary N) is 3. The first-order valence-electron chi connectivity index (χ1n) is 11.6. The van der Waals surface area contributed by atoms with Gasteiger partial charge in [-0.25, -0.2) is 0 Å². The first kappa shape index (κ1) is 22.4. The lowest BCUT2D eigenvalue weighted by molar-refractivity contribution is -0.119. The number of hydrogen-bond acceptors (Lipinski definition) is 7. The van der Waals surface area contributed by atoms with Gasteiger partial charge in [0.15, 0.2) is 0 Å². The zero-order valence-corrected chi connectivity index (χ0v) is 18.8. The van der Waals surface area contributed by atoms with E-state index in [1.807, 2.05) is 36.4 Å². The minimum Gasteiger partial charge on any atom is -0.491 e. The molecule has 1 aliphatic carbocycles. The highest BCUT2D eigenvalue weighted by atomic mass is 16.6. The topological polar surface area (TPSA) is 110 Å². The monoisotopic (exact) mass is 464 g/mol. The van der Waals surface area contributed by atoms with Crippen molar-refractivity contribution in [3.8, 4) is 5.75 Å². The predicted octanol–water partition coefficient (Wildman–Crippen LogP) is 2.71. The van der Waals surface area contributed by atoms with Crippen molar-refractivity contribution in [3.05, 3.63) is 53.6 Å². The lowest BCUT2D eigenvalue weighted by Gasteiger charge is -2.23. The fourth-order valence-electron chi connectivity index (χ4n) is 3.94. The van der Waals surface area contributed by atoms with Crippen LogP contribution in [0.1, 0.15) is 41.1 Å². The summed E-state index contributed by atoms with van der Waals surface area (Å²) >= 11 is 0. The average molecular weight is 465 g/mol. The number of amides is 2. The highest BCUT2D eigenvalue weighted by Gasteiger charge is 2.27. The number of carbonyl (C=O) groups excluding carboxylic acids is 2. The number of anilines is 2. The summed E-state index contributed by atoms with van der Waals surface area (Å²) in [6, 6.07) is 13.4. The fraction of sp³-hybridized carbons (Fsp3) is 0.400. The van der Waals surface area contributed by atoms with Crippen LogP contribution in [0.2, 0.25) is 0 Å². The molecule has 1 saturated heterocycles. The second-order valence-electron chi connectivity index (χ2n) is 8.59. The molecule has 0 radical (unpaired) electrons. The minimum atomic E-state index is -0.293. The van der Waals surface area contributed by atoms with Crippen molar-refractivity contribution in [3.63, 3.8) is 0 Å². The molecule has 3 N–H and O–H groups in total. The SMILES string of the molecule is O=C1CCN=C(NC(=O)c2ccc(Nc3cccc(OCC4COCCO4)c3)c(C3CC3)c2)N1. The van der Waals surface area contributed by atoms with E-state index in [0.29, 0.717) is 50.9 Å². The van der Waals surface area contributed by atoms with Crippen LogP contribution in [0.3, 0.4) is 0 Å². The van der Waals surface area contributed by atoms with E-state index in [-0.39, 0.29) is 23.9 Å². The van der Waals surface area contributed by atoms with Crippen molar-refractivity contribution in [2.45, 2.75) is 31.3 Å². The van der Waals surface area contributed by atoms with Crippen LogP contribution in [-0.2, 0) is 14.3 Å². The van der Waals surface area contributed by atoms with E-state index in [2.05, 4.69) is 20.9 Å². The molecule has 178 valence electrons. The summed E-state index contributed by atoms with van der Waals surface area (Å²) in [5.41, 5.74) is 3.49. The number of ether oxygens (including phenoxy) is 3. The Morgan fingerprint density at radius 1 is 1.18 bits per heavy atom. The van der Waals surface area contributed by atoms with Crippen molar-refractivity contribution < 1.29 is 23.8 Å². The first-order chi connectivity index (χ1) is 16.6. The van der Waals surface area contributed by atoms with Gasteiger partial charge in [-0.15, -0.1) is 0 Å². The molecule has 0 bridgehead atoms. The molecule has 9 nitrogen and oxygen atoms in total. The molecule has 2 amide bonds. The molecule has 34 heavy (non-hydrogen) atoms. The Bertz CT molecular complexity index is 1090. The van der Waals surface area contributed by atoms with E-state index in [1.54, 1.807) is 6.07 Å². The molecule has 2 aromatic carbocycles. The van der Waals surface area contributed by atoms with Gasteiger partial charge in [-0.3, -0.25) is 25.2 Å². The molecule has 0 spiro atoms. The number of hydrogen-bond donors (Lipinski definition) is 3. The molecule has 2 aliphatic heterocycles. The van der Waals surface area contributed by atoms with Gasteiger partial charge in [-0.2, -0.15) is 0 Å². The van der Waals surface area contributed by atoms with Crippen LogP contribution in [0.5, 0.6) is 5.75 Å². The quantitative estimate of drug-likeness (QED) is 0.581. The largest absolute Gasteiger partial charge is 0.491 e. The van der Waals surface area contributed by atoms with Crippen molar-refractivity contribution in [2.24, 2.45) is 4.99 Å². The maximum absolute atomic E-state index is 12.7. The summed E-state index contributed by atoms with van der Waals surface area (Å²) in [4.78, 5) is 28.4. The van der Waals surface area contributed by atoms with E-state index in [9.17, 15) is 9.59 Å². The van der Waals surface area contributed by atoms with Gasteiger partial charge in [0, 0.05) is 29.4 Å². The van der Waals surface area contributed by atoms with Crippen molar-refractivity contribution in [2.75, 3.05) is 38.3 Å². The average Bonchev–Trinajstić information content (AvgIpc) is 3.69. The van der Waals surface area contributed by atoms with Crippen LogP contribution in [0.15, 0.2) is 47.5 Å². The Hall–Kier alpha value is -3.43. The zero-order valence-electron chi connectivity index (χ0n) is 18.8. The Balaban J connectivity index is 1.26. The van der Waals surface area contributed by atoms with Gasteiger partial charge >= 0.3 is 0 Å². The molecule has 9 heteroatoms. The van der Waals surface area contributed by atoms with E-state index in [1.165, 1.54) is 0 Å². The summed E-state index contributed by atoms with van der Waals surface area (Å²) in [5, 5.41) is 8.76. The van der Waals surface area contributed by atoms with E-state index in [0.717, 1.165) is 35.5 Å². The number of nitrogens with zero attached hydrogens (tertiary/aromatic N) is 1. The molecule has 2 heterocycles. The van der Waals surface area contributed by atoms with Crippen LogP contribution >= 0.6 is 0 Å². The Morgan fingerprint density at radius 3 is 2.88 bits per heavy atom.